The van der Waals surface area contributed by atoms with Crippen LogP contribution in [0.2, 0.25) is 0 Å². The summed E-state index contributed by atoms with van der Waals surface area (Å²) in [7, 11) is -0.795. The van der Waals surface area contributed by atoms with Gasteiger partial charge in [0, 0.05) is 19.6 Å². The normalized spacial score (nSPS) is 12.7. The van der Waals surface area contributed by atoms with Crippen molar-refractivity contribution in [3.05, 3.63) is 41.7 Å². The van der Waals surface area contributed by atoms with Gasteiger partial charge >= 0.3 is 6.18 Å². The molecule has 0 saturated carbocycles. The molecule has 0 radical (unpaired) electrons. The van der Waals surface area contributed by atoms with E-state index in [1.807, 2.05) is 0 Å². The molecule has 0 bridgehead atoms. The molecule has 0 fully saturated rings. The standard InChI is InChI=1S/C18H22F3N3O4S/c1-17(2,3)23-29(26,27)15-9-8-14(28-15)16(25)22-12-10-11(18(19,20)21)6-7-13(12)24(4)5/h6-10,23H,1-5H3,(H,22,25). The molecule has 29 heavy (non-hydrogen) atoms. The number of carbonyl (C=O) groups excluding carboxylic acids is 1. The van der Waals surface area contributed by atoms with Crippen LogP contribution < -0.4 is 14.9 Å². The van der Waals surface area contributed by atoms with Crippen LogP contribution in [-0.2, 0) is 16.2 Å². The van der Waals surface area contributed by atoms with Crippen molar-refractivity contribution in [3.63, 3.8) is 0 Å². The second kappa shape index (κ2) is 7.71. The van der Waals surface area contributed by atoms with Crippen molar-refractivity contribution >= 4 is 27.3 Å². The lowest BCUT2D eigenvalue weighted by atomic mass is 10.1. The summed E-state index contributed by atoms with van der Waals surface area (Å²) in [5, 5.41) is 1.87. The van der Waals surface area contributed by atoms with Gasteiger partial charge in [0.05, 0.1) is 16.9 Å². The average molecular weight is 433 g/mol. The van der Waals surface area contributed by atoms with Crippen LogP contribution in [0.25, 0.3) is 0 Å². The number of hydrogen-bond donors (Lipinski definition) is 2. The lowest BCUT2D eigenvalue weighted by Crippen LogP contribution is -2.40. The second-order valence-corrected chi connectivity index (χ2v) is 9.17. The summed E-state index contributed by atoms with van der Waals surface area (Å²) in [4.78, 5) is 14.0. The molecule has 2 rings (SSSR count). The van der Waals surface area contributed by atoms with Gasteiger partial charge in [0.1, 0.15) is 0 Å². The van der Waals surface area contributed by atoms with E-state index in [1.54, 1.807) is 34.9 Å². The van der Waals surface area contributed by atoms with Crippen molar-refractivity contribution in [3.8, 4) is 0 Å². The predicted molar refractivity (Wildman–Crippen MR) is 103 cm³/mol. The van der Waals surface area contributed by atoms with E-state index in [9.17, 15) is 26.4 Å². The minimum Gasteiger partial charge on any atom is -0.438 e. The van der Waals surface area contributed by atoms with Gasteiger partial charge in [-0.15, -0.1) is 0 Å². The number of rotatable bonds is 5. The molecule has 1 aromatic carbocycles. The molecular weight excluding hydrogens is 411 g/mol. The van der Waals surface area contributed by atoms with Crippen molar-refractivity contribution in [2.24, 2.45) is 0 Å². The number of anilines is 2. The molecule has 1 heterocycles. The van der Waals surface area contributed by atoms with Gasteiger partial charge in [-0.05, 0) is 51.1 Å². The topological polar surface area (TPSA) is 91.7 Å². The molecule has 0 unspecified atom stereocenters. The van der Waals surface area contributed by atoms with Crippen LogP contribution >= 0.6 is 0 Å². The lowest BCUT2D eigenvalue weighted by Gasteiger charge is -2.19. The molecule has 0 atom stereocenters. The highest BCUT2D eigenvalue weighted by Gasteiger charge is 2.32. The first-order valence-corrected chi connectivity index (χ1v) is 9.92. The molecule has 0 aliphatic rings. The van der Waals surface area contributed by atoms with Gasteiger partial charge in [-0.2, -0.15) is 13.2 Å². The highest BCUT2D eigenvalue weighted by atomic mass is 32.2. The first-order chi connectivity index (χ1) is 13.1. The first-order valence-electron chi connectivity index (χ1n) is 8.44. The minimum atomic E-state index is -4.59. The number of sulfonamides is 1. The molecule has 0 spiro atoms. The average Bonchev–Trinajstić information content (AvgIpc) is 3.02. The fourth-order valence-electron chi connectivity index (χ4n) is 2.43. The van der Waals surface area contributed by atoms with Gasteiger partial charge in [0.15, 0.2) is 5.76 Å². The summed E-state index contributed by atoms with van der Waals surface area (Å²) in [6.45, 7) is 4.91. The molecule has 0 aliphatic carbocycles. The van der Waals surface area contributed by atoms with Crippen LogP contribution in [0.1, 0.15) is 36.9 Å². The second-order valence-electron chi connectivity index (χ2n) is 7.55. The summed E-state index contributed by atoms with van der Waals surface area (Å²) in [6, 6.07) is 5.16. The molecular formula is C18H22F3N3O4S. The van der Waals surface area contributed by atoms with E-state index in [0.717, 1.165) is 24.3 Å². The number of carbonyl (C=O) groups is 1. The van der Waals surface area contributed by atoms with Crippen molar-refractivity contribution in [1.82, 2.24) is 4.72 Å². The fraction of sp³-hybridized carbons (Fsp3) is 0.389. The summed E-state index contributed by atoms with van der Waals surface area (Å²) in [5.74, 6) is -1.24. The van der Waals surface area contributed by atoms with Gasteiger partial charge in [-0.3, -0.25) is 4.79 Å². The SMILES string of the molecule is CN(C)c1ccc(C(F)(F)F)cc1NC(=O)c1ccc(S(=O)(=O)NC(C)(C)C)o1. The Hall–Kier alpha value is -2.53. The molecule has 0 aliphatic heterocycles. The summed E-state index contributed by atoms with van der Waals surface area (Å²) in [6.07, 6.45) is -4.59. The smallest absolute Gasteiger partial charge is 0.416 e. The number of hydrogen-bond acceptors (Lipinski definition) is 5. The number of halogens is 3. The molecule has 0 saturated heterocycles. The maximum absolute atomic E-state index is 13.0. The third-order valence-corrected chi connectivity index (χ3v) is 5.19. The van der Waals surface area contributed by atoms with Crippen LogP contribution in [0.15, 0.2) is 39.8 Å². The van der Waals surface area contributed by atoms with E-state index < -0.39 is 38.3 Å². The lowest BCUT2D eigenvalue weighted by molar-refractivity contribution is -0.137. The number of furan rings is 1. The molecule has 1 aromatic heterocycles. The van der Waals surface area contributed by atoms with Crippen LogP contribution in [0, 0.1) is 0 Å². The minimum absolute atomic E-state index is 0.0940. The quantitative estimate of drug-likeness (QED) is 0.750. The molecule has 7 nitrogen and oxygen atoms in total. The Kier molecular flexibility index (Phi) is 6.05. The van der Waals surface area contributed by atoms with E-state index in [2.05, 4.69) is 10.0 Å². The Bertz CT molecular complexity index is 1010. The van der Waals surface area contributed by atoms with Gasteiger partial charge in [0.25, 0.3) is 15.9 Å². The van der Waals surface area contributed by atoms with Crippen LogP contribution in [0.5, 0.6) is 0 Å². The molecule has 160 valence electrons. The molecule has 1 amide bonds. The number of nitrogens with zero attached hydrogens (tertiary/aromatic N) is 1. The Morgan fingerprint density at radius 2 is 1.69 bits per heavy atom. The van der Waals surface area contributed by atoms with Gasteiger partial charge in [-0.1, -0.05) is 0 Å². The zero-order valence-electron chi connectivity index (χ0n) is 16.5. The van der Waals surface area contributed by atoms with Gasteiger partial charge in [-0.25, -0.2) is 13.1 Å². The van der Waals surface area contributed by atoms with Crippen LogP contribution in [0.4, 0.5) is 24.5 Å². The van der Waals surface area contributed by atoms with Crippen molar-refractivity contribution in [2.45, 2.75) is 37.6 Å². The maximum atomic E-state index is 13.0. The van der Waals surface area contributed by atoms with Crippen molar-refractivity contribution in [1.29, 1.82) is 0 Å². The van der Waals surface area contributed by atoms with Gasteiger partial charge in [0.2, 0.25) is 5.09 Å². The number of nitrogens with one attached hydrogen (secondary N) is 2. The number of benzene rings is 1. The van der Waals surface area contributed by atoms with Crippen LogP contribution in [-0.4, -0.2) is 34.0 Å². The summed E-state index contributed by atoms with van der Waals surface area (Å²) < 4.78 is 71.1. The van der Waals surface area contributed by atoms with E-state index >= 15 is 0 Å². The Labute approximate surface area is 166 Å². The van der Waals surface area contributed by atoms with E-state index in [1.165, 1.54) is 11.0 Å². The van der Waals surface area contributed by atoms with Gasteiger partial charge < -0.3 is 14.6 Å². The zero-order valence-corrected chi connectivity index (χ0v) is 17.3. The monoisotopic (exact) mass is 433 g/mol. The number of alkyl halides is 3. The molecule has 11 heteroatoms. The highest BCUT2D eigenvalue weighted by Crippen LogP contribution is 2.35. The van der Waals surface area contributed by atoms with E-state index in [4.69, 9.17) is 4.42 Å². The number of amides is 1. The van der Waals surface area contributed by atoms with Crippen molar-refractivity contribution < 1.29 is 30.8 Å². The van der Waals surface area contributed by atoms with Crippen LogP contribution in [0.3, 0.4) is 0 Å². The Morgan fingerprint density at radius 1 is 1.07 bits per heavy atom. The largest absolute Gasteiger partial charge is 0.438 e. The summed E-state index contributed by atoms with van der Waals surface area (Å²) >= 11 is 0. The third kappa shape index (κ3) is 5.73. The Balaban J connectivity index is 2.33. The Morgan fingerprint density at radius 3 is 2.21 bits per heavy atom. The zero-order chi connectivity index (χ0) is 22.2. The molecule has 2 N–H and O–H groups in total. The fourth-order valence-corrected chi connectivity index (χ4v) is 3.78. The van der Waals surface area contributed by atoms with E-state index in [-0.39, 0.29) is 11.4 Å². The first kappa shape index (κ1) is 22.8. The summed E-state index contributed by atoms with van der Waals surface area (Å²) in [5.41, 5.74) is -1.47. The molecule has 2 aromatic rings. The third-order valence-electron chi connectivity index (χ3n) is 3.56. The van der Waals surface area contributed by atoms with E-state index in [0.29, 0.717) is 5.69 Å². The highest BCUT2D eigenvalue weighted by molar-refractivity contribution is 7.89. The maximum Gasteiger partial charge on any atom is 0.416 e. The van der Waals surface area contributed by atoms with Crippen molar-refractivity contribution in [2.75, 3.05) is 24.3 Å². The predicted octanol–water partition coefficient (Wildman–Crippen LogP) is 3.69.